The van der Waals surface area contributed by atoms with E-state index >= 15 is 0 Å². The van der Waals surface area contributed by atoms with Gasteiger partial charge in [-0.05, 0) is 53.4 Å². The third kappa shape index (κ3) is 4.64. The molecule has 0 aliphatic carbocycles. The monoisotopic (exact) mass is 469 g/mol. The molecule has 0 aromatic heterocycles. The highest BCUT2D eigenvalue weighted by Gasteiger charge is 2.30. The molecule has 0 saturated heterocycles. The summed E-state index contributed by atoms with van der Waals surface area (Å²) in [6, 6.07) is 27.5. The van der Waals surface area contributed by atoms with Gasteiger partial charge in [0.15, 0.2) is 0 Å². The highest BCUT2D eigenvalue weighted by molar-refractivity contribution is 5.90. The van der Waals surface area contributed by atoms with Crippen LogP contribution >= 0.6 is 0 Å². The lowest BCUT2D eigenvalue weighted by atomic mass is 9.83. The highest BCUT2D eigenvalue weighted by Crippen LogP contribution is 2.40. The molecule has 1 heterocycles. The predicted octanol–water partition coefficient (Wildman–Crippen LogP) is 6.40. The second-order valence-corrected chi connectivity index (χ2v) is 9.00. The van der Waals surface area contributed by atoms with E-state index in [4.69, 9.17) is 9.47 Å². The van der Waals surface area contributed by atoms with Crippen molar-refractivity contribution in [3.63, 3.8) is 0 Å². The summed E-state index contributed by atoms with van der Waals surface area (Å²) < 4.78 is 25.4. The maximum atomic E-state index is 14.3. The van der Waals surface area contributed by atoms with Gasteiger partial charge in [0.1, 0.15) is 17.7 Å². The number of nitrogens with one attached hydrogen (secondary N) is 1. The number of carbonyl (C=O) groups is 1. The first-order valence-corrected chi connectivity index (χ1v) is 11.9. The maximum Gasteiger partial charge on any atom is 0.340 e. The van der Waals surface area contributed by atoms with Gasteiger partial charge in [-0.25, -0.2) is 9.18 Å². The Bertz CT molecular complexity index is 1360. The Morgan fingerprint density at radius 1 is 1.06 bits per heavy atom. The summed E-state index contributed by atoms with van der Waals surface area (Å²) in [7, 11) is 1.26. The van der Waals surface area contributed by atoms with Crippen molar-refractivity contribution >= 4 is 16.7 Å². The van der Waals surface area contributed by atoms with Gasteiger partial charge in [-0.2, -0.15) is 0 Å². The minimum Gasteiger partial charge on any atom is -0.489 e. The molecule has 4 aromatic carbocycles. The molecular formula is C30H28FNO3. The number of benzene rings is 4. The zero-order chi connectivity index (χ0) is 24.4. The van der Waals surface area contributed by atoms with E-state index in [0.29, 0.717) is 13.0 Å². The number of para-hydroxylation sites is 1. The van der Waals surface area contributed by atoms with Gasteiger partial charge in [0, 0.05) is 24.1 Å². The van der Waals surface area contributed by atoms with Crippen LogP contribution in [-0.4, -0.2) is 25.7 Å². The van der Waals surface area contributed by atoms with Crippen LogP contribution in [0.2, 0.25) is 0 Å². The van der Waals surface area contributed by atoms with E-state index in [1.165, 1.54) is 29.5 Å². The number of hydrogen-bond acceptors (Lipinski definition) is 4. The van der Waals surface area contributed by atoms with Crippen molar-refractivity contribution in [2.24, 2.45) is 0 Å². The molecular weight excluding hydrogens is 441 g/mol. The lowest BCUT2D eigenvalue weighted by Crippen LogP contribution is -2.37. The molecule has 1 aliphatic heterocycles. The van der Waals surface area contributed by atoms with Gasteiger partial charge in [-0.3, -0.25) is 0 Å². The first kappa shape index (κ1) is 23.1. The van der Waals surface area contributed by atoms with Gasteiger partial charge < -0.3 is 14.8 Å². The zero-order valence-corrected chi connectivity index (χ0v) is 19.8. The number of halogens is 1. The van der Waals surface area contributed by atoms with Gasteiger partial charge in [0.2, 0.25) is 0 Å². The van der Waals surface area contributed by atoms with Crippen molar-refractivity contribution in [2.45, 2.75) is 31.4 Å². The van der Waals surface area contributed by atoms with Crippen LogP contribution in [0.15, 0.2) is 84.9 Å². The van der Waals surface area contributed by atoms with Gasteiger partial charge in [-0.15, -0.1) is 0 Å². The first-order valence-electron chi connectivity index (χ1n) is 11.9. The van der Waals surface area contributed by atoms with E-state index in [2.05, 4.69) is 54.7 Å². The van der Waals surface area contributed by atoms with Crippen LogP contribution in [0.1, 0.15) is 52.4 Å². The van der Waals surface area contributed by atoms with Crippen LogP contribution in [0.25, 0.3) is 10.8 Å². The van der Waals surface area contributed by atoms with Crippen molar-refractivity contribution in [1.29, 1.82) is 0 Å². The van der Waals surface area contributed by atoms with E-state index in [0.717, 1.165) is 16.9 Å². The fraction of sp³-hybridized carbons (Fsp3) is 0.233. The Balaban J connectivity index is 1.39. The van der Waals surface area contributed by atoms with Crippen molar-refractivity contribution < 1.29 is 18.7 Å². The van der Waals surface area contributed by atoms with Crippen LogP contribution in [0.3, 0.4) is 0 Å². The van der Waals surface area contributed by atoms with Gasteiger partial charge in [0.25, 0.3) is 0 Å². The number of ether oxygens (including phenoxy) is 2. The third-order valence-corrected chi connectivity index (χ3v) is 6.83. The summed E-state index contributed by atoms with van der Waals surface area (Å²) >= 11 is 0. The molecule has 0 spiro atoms. The SMILES string of the molecule is COC(=O)c1cc([C@H]2C[C@@H](CN[C@H](C)c3cccc4ccccc34)Oc3ccccc32)ccc1F. The van der Waals surface area contributed by atoms with Crippen LogP contribution in [0.5, 0.6) is 5.75 Å². The Kier molecular flexibility index (Phi) is 6.51. The minimum atomic E-state index is -0.674. The lowest BCUT2D eigenvalue weighted by molar-refractivity contribution is 0.0595. The Hall–Kier alpha value is -3.70. The van der Waals surface area contributed by atoms with E-state index in [1.807, 2.05) is 24.3 Å². The summed E-state index contributed by atoms with van der Waals surface area (Å²) in [5, 5.41) is 6.11. The number of hydrogen-bond donors (Lipinski definition) is 1. The van der Waals surface area contributed by atoms with Crippen LogP contribution in [0.4, 0.5) is 4.39 Å². The van der Waals surface area contributed by atoms with E-state index < -0.39 is 11.8 Å². The molecule has 5 rings (SSSR count). The topological polar surface area (TPSA) is 47.6 Å². The molecule has 0 amide bonds. The molecule has 0 saturated carbocycles. The number of esters is 1. The fourth-order valence-corrected chi connectivity index (χ4v) is 5.01. The molecule has 1 aliphatic rings. The Morgan fingerprint density at radius 3 is 2.69 bits per heavy atom. The van der Waals surface area contributed by atoms with Crippen molar-refractivity contribution in [3.05, 3.63) is 113 Å². The highest BCUT2D eigenvalue weighted by atomic mass is 19.1. The average molecular weight is 470 g/mol. The number of fused-ring (bicyclic) bond motifs is 2. The Morgan fingerprint density at radius 2 is 1.83 bits per heavy atom. The second kappa shape index (κ2) is 9.88. The smallest absolute Gasteiger partial charge is 0.340 e. The fourth-order valence-electron chi connectivity index (χ4n) is 5.01. The molecule has 35 heavy (non-hydrogen) atoms. The Labute approximate surface area is 204 Å². The number of carbonyl (C=O) groups excluding carboxylic acids is 1. The van der Waals surface area contributed by atoms with Gasteiger partial charge in [0.05, 0.1) is 12.7 Å². The standard InChI is InChI=1S/C30H28FNO3/c1-19(23-12-7-9-20-8-3-4-10-24(20)23)32-18-22-17-26(25-11-5-6-13-29(25)35-22)21-14-15-28(31)27(16-21)30(33)34-2/h3-16,19,22,26,32H,17-18H2,1-2H3/t19-,22+,26-/m1/s1. The quantitative estimate of drug-likeness (QED) is 0.332. The molecule has 0 bridgehead atoms. The zero-order valence-electron chi connectivity index (χ0n) is 19.8. The van der Waals surface area contributed by atoms with E-state index in [1.54, 1.807) is 12.1 Å². The summed E-state index contributed by atoms with van der Waals surface area (Å²) in [5.74, 6) is -0.462. The molecule has 0 radical (unpaired) electrons. The van der Waals surface area contributed by atoms with Crippen molar-refractivity contribution in [1.82, 2.24) is 5.32 Å². The molecule has 0 unspecified atom stereocenters. The van der Waals surface area contributed by atoms with Crippen LogP contribution in [0, 0.1) is 5.82 Å². The average Bonchev–Trinajstić information content (AvgIpc) is 2.90. The molecule has 5 heteroatoms. The molecule has 1 N–H and O–H groups in total. The molecule has 0 fully saturated rings. The molecule has 178 valence electrons. The first-order chi connectivity index (χ1) is 17.0. The molecule has 3 atom stereocenters. The van der Waals surface area contributed by atoms with Crippen LogP contribution in [-0.2, 0) is 4.74 Å². The van der Waals surface area contributed by atoms with E-state index in [-0.39, 0.29) is 23.6 Å². The minimum absolute atomic E-state index is 0.0244. The van der Waals surface area contributed by atoms with E-state index in [9.17, 15) is 9.18 Å². The number of methoxy groups -OCH3 is 1. The summed E-state index contributed by atoms with van der Waals surface area (Å²) in [5.41, 5.74) is 3.10. The molecule has 4 nitrogen and oxygen atoms in total. The van der Waals surface area contributed by atoms with Crippen LogP contribution < -0.4 is 10.1 Å². The second-order valence-electron chi connectivity index (χ2n) is 9.00. The third-order valence-electron chi connectivity index (χ3n) is 6.83. The summed E-state index contributed by atoms with van der Waals surface area (Å²) in [4.78, 5) is 12.1. The summed E-state index contributed by atoms with van der Waals surface area (Å²) in [6.45, 7) is 2.82. The largest absolute Gasteiger partial charge is 0.489 e. The maximum absolute atomic E-state index is 14.3. The number of rotatable bonds is 6. The summed E-state index contributed by atoms with van der Waals surface area (Å²) in [6.07, 6.45) is 0.623. The van der Waals surface area contributed by atoms with Gasteiger partial charge in [-0.1, -0.05) is 66.7 Å². The normalized spacial score (nSPS) is 17.9. The van der Waals surface area contributed by atoms with Gasteiger partial charge >= 0.3 is 5.97 Å². The predicted molar refractivity (Wildman–Crippen MR) is 135 cm³/mol. The lowest BCUT2D eigenvalue weighted by Gasteiger charge is -2.33. The molecule has 4 aromatic rings. The van der Waals surface area contributed by atoms with Crippen molar-refractivity contribution in [2.75, 3.05) is 13.7 Å². The van der Waals surface area contributed by atoms with Crippen molar-refractivity contribution in [3.8, 4) is 5.75 Å².